The van der Waals surface area contributed by atoms with E-state index in [4.69, 9.17) is 9.47 Å². The first kappa shape index (κ1) is 21.2. The molecule has 3 aromatic carbocycles. The molecular formula is C25H21NO6. The molecule has 7 heteroatoms. The Bertz CT molecular complexity index is 1160. The number of anilines is 1. The molecule has 32 heavy (non-hydrogen) atoms. The summed E-state index contributed by atoms with van der Waals surface area (Å²) in [5.41, 5.74) is 1.42. The van der Waals surface area contributed by atoms with Crippen molar-refractivity contribution in [1.29, 1.82) is 0 Å². The summed E-state index contributed by atoms with van der Waals surface area (Å²) < 4.78 is 9.92. The maximum Gasteiger partial charge on any atom is 0.344 e. The Morgan fingerprint density at radius 2 is 1.47 bits per heavy atom. The summed E-state index contributed by atoms with van der Waals surface area (Å²) in [5, 5.41) is 1.47. The first-order valence-corrected chi connectivity index (χ1v) is 10.3. The molecule has 1 heterocycles. The van der Waals surface area contributed by atoms with Crippen LogP contribution in [0.4, 0.5) is 5.69 Å². The van der Waals surface area contributed by atoms with Crippen molar-refractivity contribution in [2.75, 3.05) is 18.1 Å². The normalized spacial score (nSPS) is 12.7. The van der Waals surface area contributed by atoms with E-state index < -0.39 is 30.4 Å². The number of hydrogen-bond acceptors (Lipinski definition) is 6. The van der Waals surface area contributed by atoms with Gasteiger partial charge in [0.15, 0.2) is 6.61 Å². The molecule has 7 nitrogen and oxygen atoms in total. The number of carbonyl (C=O) groups is 4. The molecule has 0 saturated heterocycles. The maximum atomic E-state index is 13.1. The second-order valence-electron chi connectivity index (χ2n) is 7.35. The van der Waals surface area contributed by atoms with Crippen molar-refractivity contribution in [3.63, 3.8) is 0 Å². The minimum absolute atomic E-state index is 0.189. The molecule has 1 aliphatic rings. The van der Waals surface area contributed by atoms with Gasteiger partial charge in [0.25, 0.3) is 11.8 Å². The average molecular weight is 431 g/mol. The predicted molar refractivity (Wildman–Crippen MR) is 118 cm³/mol. The third kappa shape index (κ3) is 3.97. The van der Waals surface area contributed by atoms with Gasteiger partial charge >= 0.3 is 11.9 Å². The number of esters is 2. The van der Waals surface area contributed by atoms with Gasteiger partial charge in [-0.15, -0.1) is 0 Å². The summed E-state index contributed by atoms with van der Waals surface area (Å²) in [5.74, 6) is -2.16. The van der Waals surface area contributed by atoms with E-state index in [0.29, 0.717) is 22.2 Å². The van der Waals surface area contributed by atoms with Gasteiger partial charge in [-0.25, -0.2) is 14.5 Å². The molecule has 0 unspecified atom stereocenters. The maximum absolute atomic E-state index is 13.1. The van der Waals surface area contributed by atoms with E-state index in [9.17, 15) is 19.2 Å². The summed E-state index contributed by atoms with van der Waals surface area (Å²) in [4.78, 5) is 51.0. The molecule has 4 rings (SSSR count). The van der Waals surface area contributed by atoms with Crippen molar-refractivity contribution in [3.8, 4) is 0 Å². The summed E-state index contributed by atoms with van der Waals surface area (Å²) in [6.07, 6.45) is 1.64. The van der Waals surface area contributed by atoms with Crippen LogP contribution in [0.5, 0.6) is 0 Å². The van der Waals surface area contributed by atoms with Crippen LogP contribution in [0.2, 0.25) is 0 Å². The number of carbonyl (C=O) groups excluding carboxylic acids is 4. The summed E-state index contributed by atoms with van der Waals surface area (Å²) in [6, 6.07) is 16.6. The molecule has 0 N–H and O–H groups in total. The van der Waals surface area contributed by atoms with E-state index >= 15 is 0 Å². The van der Waals surface area contributed by atoms with Crippen LogP contribution in [0, 0.1) is 0 Å². The fraction of sp³-hybridized carbons (Fsp3) is 0.200. The van der Waals surface area contributed by atoms with Crippen molar-refractivity contribution >= 4 is 40.2 Å². The van der Waals surface area contributed by atoms with E-state index in [-0.39, 0.29) is 12.2 Å². The zero-order chi connectivity index (χ0) is 22.7. The zero-order valence-corrected chi connectivity index (χ0v) is 17.5. The number of benzene rings is 3. The smallest absolute Gasteiger partial charge is 0.344 e. The molecule has 0 spiro atoms. The van der Waals surface area contributed by atoms with Crippen LogP contribution in [-0.2, 0) is 14.3 Å². The van der Waals surface area contributed by atoms with Gasteiger partial charge in [0, 0.05) is 16.5 Å². The highest BCUT2D eigenvalue weighted by molar-refractivity contribution is 6.35. The summed E-state index contributed by atoms with van der Waals surface area (Å²) in [6.45, 7) is 1.78. The van der Waals surface area contributed by atoms with Crippen molar-refractivity contribution in [1.82, 2.24) is 0 Å². The lowest BCUT2D eigenvalue weighted by atomic mass is 9.94. The topological polar surface area (TPSA) is 90.0 Å². The minimum atomic E-state index is -0.699. The molecule has 0 bridgehead atoms. The molecule has 3 aromatic rings. The molecule has 0 fully saturated rings. The van der Waals surface area contributed by atoms with E-state index in [0.717, 1.165) is 23.1 Å². The van der Waals surface area contributed by atoms with Gasteiger partial charge < -0.3 is 9.47 Å². The standard InChI is InChI=1S/C25H21NO6/c1-2-3-14-31-21(27)15-32-25(30)17-10-12-18(13-11-17)26-23(28)19-8-4-6-16-7-5-9-20(22(16)19)24(26)29/h4-13H,2-3,14-15H2,1H3. The third-order valence-corrected chi connectivity index (χ3v) is 5.21. The quantitative estimate of drug-likeness (QED) is 0.317. The van der Waals surface area contributed by atoms with Gasteiger partial charge in [-0.3, -0.25) is 9.59 Å². The van der Waals surface area contributed by atoms with E-state index in [1.807, 2.05) is 19.1 Å². The van der Waals surface area contributed by atoms with Gasteiger partial charge in [0.1, 0.15) is 0 Å². The fourth-order valence-corrected chi connectivity index (χ4v) is 3.59. The number of rotatable bonds is 7. The lowest BCUT2D eigenvalue weighted by molar-refractivity contribution is -0.147. The predicted octanol–water partition coefficient (Wildman–Crippen LogP) is 4.14. The molecule has 0 saturated carbocycles. The Morgan fingerprint density at radius 1 is 0.844 bits per heavy atom. The van der Waals surface area contributed by atoms with Crippen LogP contribution in [-0.4, -0.2) is 37.0 Å². The van der Waals surface area contributed by atoms with Crippen molar-refractivity contribution in [2.24, 2.45) is 0 Å². The van der Waals surface area contributed by atoms with Gasteiger partial charge in [-0.2, -0.15) is 0 Å². The summed E-state index contributed by atoms with van der Waals surface area (Å²) in [7, 11) is 0. The zero-order valence-electron chi connectivity index (χ0n) is 17.5. The second kappa shape index (κ2) is 9.01. The summed E-state index contributed by atoms with van der Waals surface area (Å²) >= 11 is 0. The van der Waals surface area contributed by atoms with Crippen LogP contribution >= 0.6 is 0 Å². The van der Waals surface area contributed by atoms with Crippen LogP contribution in [0.15, 0.2) is 60.7 Å². The molecule has 162 valence electrons. The number of ether oxygens (including phenoxy) is 2. The lowest BCUT2D eigenvalue weighted by Gasteiger charge is -2.27. The molecule has 0 radical (unpaired) electrons. The Kier molecular flexibility index (Phi) is 5.98. The van der Waals surface area contributed by atoms with Gasteiger partial charge in [-0.1, -0.05) is 37.6 Å². The first-order chi connectivity index (χ1) is 15.5. The fourth-order valence-electron chi connectivity index (χ4n) is 3.59. The molecule has 0 aliphatic carbocycles. The van der Waals surface area contributed by atoms with Gasteiger partial charge in [0.05, 0.1) is 17.9 Å². The number of hydrogen-bond donors (Lipinski definition) is 0. The Labute approximate surface area is 184 Å². The average Bonchev–Trinajstić information content (AvgIpc) is 2.81. The van der Waals surface area contributed by atoms with Crippen LogP contribution < -0.4 is 4.90 Å². The lowest BCUT2D eigenvalue weighted by Crippen LogP contribution is -2.40. The van der Waals surface area contributed by atoms with E-state index in [1.54, 1.807) is 24.3 Å². The van der Waals surface area contributed by atoms with E-state index in [1.165, 1.54) is 24.3 Å². The van der Waals surface area contributed by atoms with Crippen molar-refractivity contribution < 1.29 is 28.7 Å². The van der Waals surface area contributed by atoms with Gasteiger partial charge in [-0.05, 0) is 48.2 Å². The molecule has 0 atom stereocenters. The number of imide groups is 1. The third-order valence-electron chi connectivity index (χ3n) is 5.21. The highest BCUT2D eigenvalue weighted by Gasteiger charge is 2.33. The first-order valence-electron chi connectivity index (χ1n) is 10.3. The number of unbranched alkanes of at least 4 members (excludes halogenated alkanes) is 1. The highest BCUT2D eigenvalue weighted by Crippen LogP contribution is 2.32. The SMILES string of the molecule is CCCCOC(=O)COC(=O)c1ccc(N2C(=O)c3cccc4cccc(c34)C2=O)cc1. The number of nitrogens with zero attached hydrogens (tertiary/aromatic N) is 1. The molecule has 0 aromatic heterocycles. The molecule has 1 aliphatic heterocycles. The van der Waals surface area contributed by atoms with E-state index in [2.05, 4.69) is 0 Å². The van der Waals surface area contributed by atoms with Crippen molar-refractivity contribution in [3.05, 3.63) is 77.4 Å². The Hall–Kier alpha value is -4.00. The molecule has 2 amide bonds. The van der Waals surface area contributed by atoms with Crippen LogP contribution in [0.1, 0.15) is 50.8 Å². The van der Waals surface area contributed by atoms with Gasteiger partial charge in [0.2, 0.25) is 0 Å². The highest BCUT2D eigenvalue weighted by atomic mass is 16.6. The van der Waals surface area contributed by atoms with Crippen LogP contribution in [0.25, 0.3) is 10.8 Å². The largest absolute Gasteiger partial charge is 0.463 e. The second-order valence-corrected chi connectivity index (χ2v) is 7.35. The van der Waals surface area contributed by atoms with Crippen molar-refractivity contribution in [2.45, 2.75) is 19.8 Å². The van der Waals surface area contributed by atoms with Crippen LogP contribution in [0.3, 0.4) is 0 Å². The Morgan fingerprint density at radius 3 is 2.06 bits per heavy atom. The minimum Gasteiger partial charge on any atom is -0.463 e. The Balaban J connectivity index is 1.50. The monoisotopic (exact) mass is 431 g/mol. The molecular weight excluding hydrogens is 410 g/mol. The number of amides is 2.